The van der Waals surface area contributed by atoms with Crippen LogP contribution in [0.5, 0.6) is 0 Å². The van der Waals surface area contributed by atoms with Crippen molar-refractivity contribution in [3.63, 3.8) is 0 Å². The summed E-state index contributed by atoms with van der Waals surface area (Å²) in [6.07, 6.45) is 1.51. The number of primary amides is 1. The van der Waals surface area contributed by atoms with Gasteiger partial charge in [0.2, 0.25) is 5.91 Å². The van der Waals surface area contributed by atoms with Gasteiger partial charge in [-0.05, 0) is 12.1 Å². The fraction of sp³-hybridized carbons (Fsp3) is 0.364. The van der Waals surface area contributed by atoms with Gasteiger partial charge in [-0.15, -0.1) is 0 Å². The minimum Gasteiger partial charge on any atom is -0.383 e. The van der Waals surface area contributed by atoms with Crippen molar-refractivity contribution in [2.45, 2.75) is 0 Å². The van der Waals surface area contributed by atoms with E-state index in [0.717, 1.165) is 0 Å². The Morgan fingerprint density at radius 3 is 2.94 bits per heavy atom. The van der Waals surface area contributed by atoms with Gasteiger partial charge in [0.15, 0.2) is 0 Å². The van der Waals surface area contributed by atoms with Crippen LogP contribution in [0.15, 0.2) is 18.3 Å². The van der Waals surface area contributed by atoms with E-state index in [0.29, 0.717) is 19.0 Å². The lowest BCUT2D eigenvalue weighted by molar-refractivity contribution is -0.119. The average Bonchev–Trinajstić information content (AvgIpc) is 2.37. The maximum atomic E-state index is 11.4. The second-order valence-corrected chi connectivity index (χ2v) is 3.46. The Morgan fingerprint density at radius 2 is 2.28 bits per heavy atom. The Morgan fingerprint density at radius 1 is 1.50 bits per heavy atom. The molecule has 0 aromatic carbocycles. The number of anilines is 1. The number of amides is 2. The van der Waals surface area contributed by atoms with Gasteiger partial charge < -0.3 is 21.1 Å². The first-order valence-electron chi connectivity index (χ1n) is 5.39. The van der Waals surface area contributed by atoms with Crippen molar-refractivity contribution in [1.82, 2.24) is 10.3 Å². The molecule has 1 heterocycles. The van der Waals surface area contributed by atoms with Crippen molar-refractivity contribution in [3.8, 4) is 0 Å². The Bertz CT molecular complexity index is 423. The van der Waals surface area contributed by atoms with E-state index in [1.807, 2.05) is 0 Å². The van der Waals surface area contributed by atoms with E-state index in [1.54, 1.807) is 19.2 Å². The number of methoxy groups -OCH3 is 1. The standard InChI is InChI=1S/C11H16N4O3/c1-18-6-5-13-9(16)7-15-11-8(10(12)17)3-2-4-14-11/h2-4H,5-7H2,1H3,(H2,12,17)(H,13,16)(H,14,15). The predicted octanol–water partition coefficient (Wildman–Crippen LogP) is -0.645. The summed E-state index contributed by atoms with van der Waals surface area (Å²) >= 11 is 0. The molecule has 0 atom stereocenters. The molecule has 4 N–H and O–H groups in total. The van der Waals surface area contributed by atoms with Gasteiger partial charge >= 0.3 is 0 Å². The number of hydrogen-bond donors (Lipinski definition) is 3. The Kier molecular flexibility index (Phi) is 5.59. The lowest BCUT2D eigenvalue weighted by atomic mass is 10.2. The molecule has 18 heavy (non-hydrogen) atoms. The smallest absolute Gasteiger partial charge is 0.252 e. The van der Waals surface area contributed by atoms with E-state index in [9.17, 15) is 9.59 Å². The number of carbonyl (C=O) groups excluding carboxylic acids is 2. The summed E-state index contributed by atoms with van der Waals surface area (Å²) in [5, 5.41) is 5.39. The van der Waals surface area contributed by atoms with Crippen molar-refractivity contribution in [2.24, 2.45) is 5.73 Å². The van der Waals surface area contributed by atoms with Gasteiger partial charge in [-0.2, -0.15) is 0 Å². The molecule has 1 aromatic rings. The van der Waals surface area contributed by atoms with Crippen LogP contribution in [-0.4, -0.2) is 43.6 Å². The Hall–Kier alpha value is -2.15. The summed E-state index contributed by atoms with van der Waals surface area (Å²) in [6.45, 7) is 0.894. The van der Waals surface area contributed by atoms with Crippen molar-refractivity contribution in [2.75, 3.05) is 32.1 Å². The van der Waals surface area contributed by atoms with Crippen molar-refractivity contribution in [1.29, 1.82) is 0 Å². The fourth-order valence-electron chi connectivity index (χ4n) is 1.26. The summed E-state index contributed by atoms with van der Waals surface area (Å²) in [5.74, 6) is -0.509. The maximum Gasteiger partial charge on any atom is 0.252 e. The largest absolute Gasteiger partial charge is 0.383 e. The zero-order valence-corrected chi connectivity index (χ0v) is 10.1. The van der Waals surface area contributed by atoms with Gasteiger partial charge in [0.25, 0.3) is 5.91 Å². The third-order valence-corrected chi connectivity index (χ3v) is 2.12. The quantitative estimate of drug-likeness (QED) is 0.559. The highest BCUT2D eigenvalue weighted by Gasteiger charge is 2.09. The van der Waals surface area contributed by atoms with E-state index < -0.39 is 5.91 Å². The van der Waals surface area contributed by atoms with Crippen LogP contribution in [0.4, 0.5) is 5.82 Å². The molecule has 7 heteroatoms. The number of nitrogens with zero attached hydrogens (tertiary/aromatic N) is 1. The Labute approximate surface area is 105 Å². The number of nitrogens with one attached hydrogen (secondary N) is 2. The molecule has 7 nitrogen and oxygen atoms in total. The van der Waals surface area contributed by atoms with Crippen LogP contribution in [0.2, 0.25) is 0 Å². The Balaban J connectivity index is 2.48. The topological polar surface area (TPSA) is 106 Å². The predicted molar refractivity (Wildman–Crippen MR) is 66.1 cm³/mol. The van der Waals surface area contributed by atoms with Crippen LogP contribution in [0.25, 0.3) is 0 Å². The molecule has 0 bridgehead atoms. The van der Waals surface area contributed by atoms with Gasteiger partial charge in [-0.3, -0.25) is 9.59 Å². The van der Waals surface area contributed by atoms with E-state index >= 15 is 0 Å². The highest BCUT2D eigenvalue weighted by molar-refractivity contribution is 5.97. The highest BCUT2D eigenvalue weighted by atomic mass is 16.5. The van der Waals surface area contributed by atoms with Crippen LogP contribution in [-0.2, 0) is 9.53 Å². The number of aromatic nitrogens is 1. The van der Waals surface area contributed by atoms with Gasteiger partial charge in [0.1, 0.15) is 5.82 Å². The number of ether oxygens (including phenoxy) is 1. The minimum atomic E-state index is -0.592. The van der Waals surface area contributed by atoms with Gasteiger partial charge in [-0.25, -0.2) is 4.98 Å². The van der Waals surface area contributed by atoms with E-state index in [1.165, 1.54) is 6.20 Å². The highest BCUT2D eigenvalue weighted by Crippen LogP contribution is 2.09. The molecule has 0 fully saturated rings. The third kappa shape index (κ3) is 4.38. The third-order valence-electron chi connectivity index (χ3n) is 2.12. The van der Waals surface area contributed by atoms with Gasteiger partial charge in [0.05, 0.1) is 18.7 Å². The number of rotatable bonds is 7. The molecular weight excluding hydrogens is 236 g/mol. The summed E-state index contributed by atoms with van der Waals surface area (Å²) in [7, 11) is 1.55. The zero-order valence-electron chi connectivity index (χ0n) is 10.1. The summed E-state index contributed by atoms with van der Waals surface area (Å²) in [5.41, 5.74) is 5.44. The molecular formula is C11H16N4O3. The SMILES string of the molecule is COCCNC(=O)CNc1ncccc1C(N)=O. The molecule has 0 radical (unpaired) electrons. The van der Waals surface area contributed by atoms with Gasteiger partial charge in [-0.1, -0.05) is 0 Å². The van der Waals surface area contributed by atoms with Gasteiger partial charge in [0, 0.05) is 19.9 Å². The number of pyridine rings is 1. The number of hydrogen-bond acceptors (Lipinski definition) is 5. The molecule has 1 rings (SSSR count). The molecule has 2 amide bonds. The first-order valence-corrected chi connectivity index (χ1v) is 5.39. The molecule has 0 aliphatic heterocycles. The lowest BCUT2D eigenvalue weighted by Crippen LogP contribution is -2.32. The minimum absolute atomic E-state index is 0.0149. The second kappa shape index (κ2) is 7.23. The number of carbonyl (C=O) groups is 2. The number of nitrogens with two attached hydrogens (primary N) is 1. The summed E-state index contributed by atoms with van der Waals surface area (Å²) < 4.78 is 4.80. The van der Waals surface area contributed by atoms with Crippen LogP contribution < -0.4 is 16.4 Å². The first-order chi connectivity index (χ1) is 8.65. The summed E-state index contributed by atoms with van der Waals surface area (Å²) in [6, 6.07) is 3.14. The van der Waals surface area contributed by atoms with Crippen molar-refractivity contribution < 1.29 is 14.3 Å². The molecule has 0 saturated carbocycles. The lowest BCUT2D eigenvalue weighted by Gasteiger charge is -2.08. The summed E-state index contributed by atoms with van der Waals surface area (Å²) in [4.78, 5) is 26.5. The fourth-order valence-corrected chi connectivity index (χ4v) is 1.26. The molecule has 0 saturated heterocycles. The molecule has 0 aliphatic carbocycles. The normalized spacial score (nSPS) is 9.83. The van der Waals surface area contributed by atoms with Crippen molar-refractivity contribution >= 4 is 17.6 Å². The zero-order chi connectivity index (χ0) is 13.4. The molecule has 98 valence electrons. The average molecular weight is 252 g/mol. The molecule has 1 aromatic heterocycles. The van der Waals surface area contributed by atoms with Crippen LogP contribution in [0.1, 0.15) is 10.4 Å². The molecule has 0 aliphatic rings. The van der Waals surface area contributed by atoms with E-state index in [4.69, 9.17) is 10.5 Å². The monoisotopic (exact) mass is 252 g/mol. The van der Waals surface area contributed by atoms with E-state index in [2.05, 4.69) is 15.6 Å². The first kappa shape index (κ1) is 13.9. The van der Waals surface area contributed by atoms with E-state index in [-0.39, 0.29) is 18.0 Å². The molecule has 0 spiro atoms. The van der Waals surface area contributed by atoms with Crippen molar-refractivity contribution in [3.05, 3.63) is 23.9 Å². The van der Waals surface area contributed by atoms with Crippen LogP contribution in [0.3, 0.4) is 0 Å². The van der Waals surface area contributed by atoms with Crippen LogP contribution in [0, 0.1) is 0 Å². The molecule has 0 unspecified atom stereocenters. The second-order valence-electron chi connectivity index (χ2n) is 3.46. The van der Waals surface area contributed by atoms with Crippen LogP contribution >= 0.6 is 0 Å². The maximum absolute atomic E-state index is 11.4.